The van der Waals surface area contributed by atoms with Crippen LogP contribution < -0.4 is 10.6 Å². The van der Waals surface area contributed by atoms with Crippen LogP contribution in [-0.2, 0) is 0 Å². The molecule has 1 aliphatic rings. The highest BCUT2D eigenvalue weighted by atomic mass is 32.1. The predicted octanol–water partition coefficient (Wildman–Crippen LogP) is 4.67. The van der Waals surface area contributed by atoms with Crippen molar-refractivity contribution >= 4 is 28.6 Å². The average molecular weight is 332 g/mol. The van der Waals surface area contributed by atoms with Crippen LogP contribution in [0.3, 0.4) is 0 Å². The Hall–Kier alpha value is -2.85. The lowest BCUT2D eigenvalue weighted by Crippen LogP contribution is -2.42. The van der Waals surface area contributed by atoms with Crippen LogP contribution in [0.2, 0.25) is 0 Å². The first-order chi connectivity index (χ1) is 11.8. The highest BCUT2D eigenvalue weighted by Crippen LogP contribution is 2.39. The van der Waals surface area contributed by atoms with E-state index >= 15 is 0 Å². The summed E-state index contributed by atoms with van der Waals surface area (Å²) in [6.45, 7) is 0. The molecule has 2 aromatic carbocycles. The maximum Gasteiger partial charge on any atom is 0.320 e. The van der Waals surface area contributed by atoms with E-state index in [9.17, 15) is 4.79 Å². The van der Waals surface area contributed by atoms with E-state index < -0.39 is 0 Å². The summed E-state index contributed by atoms with van der Waals surface area (Å²) >= 11 is 1.65. The number of hydrogen-bond acceptors (Lipinski definition) is 2. The van der Waals surface area contributed by atoms with Crippen LogP contribution in [0.15, 0.2) is 78.2 Å². The van der Waals surface area contributed by atoms with Gasteiger partial charge in [-0.3, -0.25) is 0 Å². The molecule has 3 aromatic rings. The summed E-state index contributed by atoms with van der Waals surface area (Å²) in [5, 5.41) is 8.11. The molecule has 0 bridgehead atoms. The second-order valence-corrected chi connectivity index (χ2v) is 6.55. The third-order valence-corrected chi connectivity index (χ3v) is 4.98. The largest absolute Gasteiger partial charge is 0.326 e. The first-order valence-electron chi connectivity index (χ1n) is 7.79. The Morgan fingerprint density at radius 1 is 0.792 bits per heavy atom. The number of amides is 2. The van der Waals surface area contributed by atoms with E-state index in [1.54, 1.807) is 11.3 Å². The molecule has 4 rings (SSSR count). The van der Waals surface area contributed by atoms with Gasteiger partial charge in [-0.15, -0.1) is 11.3 Å². The van der Waals surface area contributed by atoms with Crippen LogP contribution in [0, 0.1) is 0 Å². The fourth-order valence-electron chi connectivity index (χ4n) is 2.99. The van der Waals surface area contributed by atoms with Gasteiger partial charge >= 0.3 is 6.03 Å². The molecule has 1 aromatic heterocycles. The molecule has 0 fully saturated rings. The van der Waals surface area contributed by atoms with E-state index in [2.05, 4.69) is 28.8 Å². The van der Waals surface area contributed by atoms with Gasteiger partial charge in [-0.05, 0) is 22.6 Å². The number of urea groups is 1. The zero-order valence-electron chi connectivity index (χ0n) is 12.9. The Morgan fingerprint density at radius 3 is 2.08 bits per heavy atom. The summed E-state index contributed by atoms with van der Waals surface area (Å²) in [7, 11) is 0. The van der Waals surface area contributed by atoms with E-state index in [4.69, 9.17) is 0 Å². The molecule has 1 unspecified atom stereocenters. The molecule has 118 valence electrons. The maximum absolute atomic E-state index is 12.3. The SMILES string of the molecule is O=C1NC(c2ccccc2)=C(c2ccccc2)C(c2cccs2)N1. The Morgan fingerprint density at radius 2 is 1.46 bits per heavy atom. The summed E-state index contributed by atoms with van der Waals surface area (Å²) in [5.41, 5.74) is 4.06. The minimum atomic E-state index is -0.174. The molecule has 2 amide bonds. The Balaban J connectivity index is 1.96. The molecule has 2 heterocycles. The molecular weight excluding hydrogens is 316 g/mol. The van der Waals surface area contributed by atoms with Crippen LogP contribution in [-0.4, -0.2) is 6.03 Å². The van der Waals surface area contributed by atoms with Gasteiger partial charge in [-0.2, -0.15) is 0 Å². The van der Waals surface area contributed by atoms with Crippen molar-refractivity contribution in [2.75, 3.05) is 0 Å². The fourth-order valence-corrected chi connectivity index (χ4v) is 3.78. The summed E-state index contributed by atoms with van der Waals surface area (Å²) < 4.78 is 0. The lowest BCUT2D eigenvalue weighted by atomic mass is 9.91. The molecule has 24 heavy (non-hydrogen) atoms. The molecular formula is C20H16N2OS. The van der Waals surface area contributed by atoms with Gasteiger partial charge in [0.05, 0.1) is 11.7 Å². The lowest BCUT2D eigenvalue weighted by molar-refractivity contribution is 0.242. The first kappa shape index (κ1) is 14.7. The zero-order chi connectivity index (χ0) is 16.4. The van der Waals surface area contributed by atoms with Gasteiger partial charge in [0.25, 0.3) is 0 Å². The molecule has 4 heteroatoms. The Bertz CT molecular complexity index is 871. The minimum absolute atomic E-state index is 0.156. The van der Waals surface area contributed by atoms with E-state index in [0.29, 0.717) is 0 Å². The highest BCUT2D eigenvalue weighted by Gasteiger charge is 2.30. The number of thiophene rings is 1. The zero-order valence-corrected chi connectivity index (χ0v) is 13.7. The van der Waals surface area contributed by atoms with Crippen molar-refractivity contribution in [1.82, 2.24) is 10.6 Å². The first-order valence-corrected chi connectivity index (χ1v) is 8.67. The van der Waals surface area contributed by atoms with Crippen LogP contribution in [0.25, 0.3) is 11.3 Å². The van der Waals surface area contributed by atoms with Crippen LogP contribution in [0.5, 0.6) is 0 Å². The standard InChI is InChI=1S/C20H16N2OS/c23-20-21-18(15-10-5-2-6-11-15)17(14-8-3-1-4-9-14)19(22-20)16-12-7-13-24-16/h1-13,19H,(H2,21,22,23). The lowest BCUT2D eigenvalue weighted by Gasteiger charge is -2.30. The predicted molar refractivity (Wildman–Crippen MR) is 98.4 cm³/mol. The van der Waals surface area contributed by atoms with Gasteiger partial charge in [-0.1, -0.05) is 66.7 Å². The number of carbonyl (C=O) groups excluding carboxylic acids is 1. The summed E-state index contributed by atoms with van der Waals surface area (Å²) in [6.07, 6.45) is 0. The van der Waals surface area contributed by atoms with Crippen molar-refractivity contribution in [3.8, 4) is 0 Å². The normalized spacial score (nSPS) is 17.3. The highest BCUT2D eigenvalue weighted by molar-refractivity contribution is 7.10. The fraction of sp³-hybridized carbons (Fsp3) is 0.0500. The summed E-state index contributed by atoms with van der Waals surface area (Å²) in [5.74, 6) is 0. The van der Waals surface area contributed by atoms with E-state index in [1.165, 1.54) is 0 Å². The van der Waals surface area contributed by atoms with Crippen molar-refractivity contribution < 1.29 is 4.79 Å². The van der Waals surface area contributed by atoms with Crippen LogP contribution in [0.4, 0.5) is 4.79 Å². The Kier molecular flexibility index (Phi) is 3.89. The van der Waals surface area contributed by atoms with Crippen LogP contribution >= 0.6 is 11.3 Å². The number of rotatable bonds is 3. The van der Waals surface area contributed by atoms with E-state index in [0.717, 1.165) is 27.3 Å². The van der Waals surface area contributed by atoms with Crippen molar-refractivity contribution in [2.24, 2.45) is 0 Å². The second-order valence-electron chi connectivity index (χ2n) is 5.57. The van der Waals surface area contributed by atoms with Crippen molar-refractivity contribution in [3.63, 3.8) is 0 Å². The van der Waals surface area contributed by atoms with Gasteiger partial charge in [0.2, 0.25) is 0 Å². The molecule has 3 nitrogen and oxygen atoms in total. The number of benzene rings is 2. The van der Waals surface area contributed by atoms with Crippen molar-refractivity contribution in [3.05, 3.63) is 94.2 Å². The Labute approximate surface area is 144 Å². The van der Waals surface area contributed by atoms with Gasteiger partial charge < -0.3 is 10.6 Å². The third kappa shape index (κ3) is 2.72. The van der Waals surface area contributed by atoms with Crippen molar-refractivity contribution in [1.29, 1.82) is 0 Å². The number of carbonyl (C=O) groups is 1. The monoisotopic (exact) mass is 332 g/mol. The molecule has 2 N–H and O–H groups in total. The quantitative estimate of drug-likeness (QED) is 0.719. The number of nitrogens with one attached hydrogen (secondary N) is 2. The summed E-state index contributed by atoms with van der Waals surface area (Å²) in [6, 6.07) is 23.9. The van der Waals surface area contributed by atoms with Crippen LogP contribution in [0.1, 0.15) is 22.0 Å². The van der Waals surface area contributed by atoms with Gasteiger partial charge in [0.1, 0.15) is 0 Å². The van der Waals surface area contributed by atoms with E-state index in [1.807, 2.05) is 60.0 Å². The molecule has 0 radical (unpaired) electrons. The molecule has 1 atom stereocenters. The summed E-state index contributed by atoms with van der Waals surface area (Å²) in [4.78, 5) is 13.4. The van der Waals surface area contributed by atoms with Gasteiger partial charge in [0.15, 0.2) is 0 Å². The third-order valence-electron chi connectivity index (χ3n) is 4.05. The smallest absolute Gasteiger partial charge is 0.320 e. The average Bonchev–Trinajstić information content (AvgIpc) is 3.17. The molecule has 0 saturated carbocycles. The van der Waals surface area contributed by atoms with E-state index in [-0.39, 0.29) is 12.1 Å². The topological polar surface area (TPSA) is 41.1 Å². The maximum atomic E-state index is 12.3. The molecule has 1 aliphatic heterocycles. The van der Waals surface area contributed by atoms with Crippen molar-refractivity contribution in [2.45, 2.75) is 6.04 Å². The molecule has 0 saturated heterocycles. The minimum Gasteiger partial charge on any atom is -0.326 e. The second kappa shape index (κ2) is 6.34. The number of hydrogen-bond donors (Lipinski definition) is 2. The molecule has 0 spiro atoms. The molecule has 0 aliphatic carbocycles. The van der Waals surface area contributed by atoms with Gasteiger partial charge in [0, 0.05) is 10.5 Å². The van der Waals surface area contributed by atoms with Gasteiger partial charge in [-0.25, -0.2) is 4.79 Å².